The summed E-state index contributed by atoms with van der Waals surface area (Å²) in [6.07, 6.45) is 0. The van der Waals surface area contributed by atoms with Crippen LogP contribution >= 0.6 is 0 Å². The van der Waals surface area contributed by atoms with Crippen molar-refractivity contribution in [3.05, 3.63) is 75.3 Å². The Bertz CT molecular complexity index is 1920. The zero-order valence-corrected chi connectivity index (χ0v) is 52.9. The first kappa shape index (κ1) is 59.1. The minimum atomic E-state index is -3.05. The molecular formula is C48H81Cl3Si7Ti. The van der Waals surface area contributed by atoms with Gasteiger partial charge >= 0.3 is 21.7 Å². The summed E-state index contributed by atoms with van der Waals surface area (Å²) < 4.78 is 0. The van der Waals surface area contributed by atoms with Gasteiger partial charge in [0.1, 0.15) is 8.07 Å². The third-order valence-electron chi connectivity index (χ3n) is 13.0. The number of halogens is 3. The average Bonchev–Trinajstić information content (AvgIpc) is 3.16. The van der Waals surface area contributed by atoms with E-state index in [0.717, 1.165) is 0 Å². The van der Waals surface area contributed by atoms with E-state index in [-0.39, 0.29) is 58.9 Å². The Balaban J connectivity index is 0.00000841. The number of hydrogen-bond acceptors (Lipinski definition) is 0. The smallest absolute Gasteiger partial charge is 1.00 e. The van der Waals surface area contributed by atoms with E-state index in [4.69, 9.17) is 0 Å². The molecular weight excluding hydrogens is 927 g/mol. The predicted molar refractivity (Wildman–Crippen MR) is 277 cm³/mol. The summed E-state index contributed by atoms with van der Waals surface area (Å²) in [7, 11) is -13.7. The number of rotatable bonds is 10. The SMILES string of the molecule is Cc1cc([Si](c2cc(C)c([Si](C)(C)C)cc2[Si](C)(C)C)(c2cc(C)c([Si](C)(C)C)cc2[Si](C)(C)C)[c-]2c(C)c(C)c(C)c2C)c([Si](C)(C)C)cc1[Si](C)(C)C.[Cl-].[Cl-].[Cl-].[Ti+4]. The summed E-state index contributed by atoms with van der Waals surface area (Å²) in [5, 5.41) is 17.0. The maximum atomic E-state index is 2.83. The molecule has 0 fully saturated rings. The van der Waals surface area contributed by atoms with E-state index in [1.54, 1.807) is 63.0 Å². The van der Waals surface area contributed by atoms with Gasteiger partial charge in [-0.2, -0.15) is 22.3 Å². The molecule has 4 aromatic rings. The van der Waals surface area contributed by atoms with Crippen LogP contribution in [0, 0.1) is 48.5 Å². The van der Waals surface area contributed by atoms with Gasteiger partial charge in [0, 0.05) is 0 Å². The summed E-state index contributed by atoms with van der Waals surface area (Å²) in [4.78, 5) is 0. The van der Waals surface area contributed by atoms with Crippen LogP contribution in [0.2, 0.25) is 118 Å². The van der Waals surface area contributed by atoms with E-state index in [1.807, 2.05) is 0 Å². The number of aryl methyl sites for hydroxylation is 3. The second-order valence-electron chi connectivity index (χ2n) is 23.8. The van der Waals surface area contributed by atoms with Crippen molar-refractivity contribution in [1.82, 2.24) is 0 Å². The molecule has 326 valence electrons. The Morgan fingerprint density at radius 1 is 0.288 bits per heavy atom. The Labute approximate surface area is 405 Å². The van der Waals surface area contributed by atoms with Gasteiger partial charge in [-0.05, 0) is 20.8 Å². The minimum absolute atomic E-state index is 0. The predicted octanol–water partition coefficient (Wildman–Crippen LogP) is -0.777. The molecule has 0 spiro atoms. The molecule has 4 aromatic carbocycles. The maximum Gasteiger partial charge on any atom is 4.00 e. The van der Waals surface area contributed by atoms with Crippen molar-refractivity contribution in [2.45, 2.75) is 166 Å². The van der Waals surface area contributed by atoms with E-state index in [0.29, 0.717) is 0 Å². The van der Waals surface area contributed by atoms with E-state index in [9.17, 15) is 0 Å². The summed E-state index contributed by atoms with van der Waals surface area (Å²) in [5.74, 6) is 0. The fraction of sp³-hybridized carbons (Fsp3) is 0.521. The molecule has 0 aliphatic carbocycles. The number of benzene rings is 3. The van der Waals surface area contributed by atoms with Crippen molar-refractivity contribution in [3.8, 4) is 0 Å². The molecule has 0 nitrogen and oxygen atoms in total. The first-order chi connectivity index (χ1) is 24.5. The topological polar surface area (TPSA) is 0 Å². The molecule has 4 rings (SSSR count). The zero-order chi connectivity index (χ0) is 42.6. The normalized spacial score (nSPS) is 13.0. The second kappa shape index (κ2) is 19.3. The van der Waals surface area contributed by atoms with Crippen molar-refractivity contribution >= 4 is 108 Å². The molecule has 0 amide bonds. The Morgan fingerprint density at radius 3 is 0.644 bits per heavy atom. The van der Waals surface area contributed by atoms with Crippen LogP contribution in [0.5, 0.6) is 0 Å². The van der Waals surface area contributed by atoms with E-state index in [2.05, 4.69) is 203 Å². The molecule has 0 N–H and O–H groups in total. The summed E-state index contributed by atoms with van der Waals surface area (Å²) in [6.45, 7) is 64.2. The quantitative estimate of drug-likeness (QED) is 0.111. The molecule has 0 atom stereocenters. The van der Waals surface area contributed by atoms with Crippen molar-refractivity contribution in [3.63, 3.8) is 0 Å². The van der Waals surface area contributed by atoms with Gasteiger partial charge in [0.15, 0.2) is 0 Å². The van der Waals surface area contributed by atoms with Crippen LogP contribution in [-0.4, -0.2) is 56.5 Å². The van der Waals surface area contributed by atoms with E-state index < -0.39 is 56.5 Å². The van der Waals surface area contributed by atoms with Gasteiger partial charge in [0.25, 0.3) is 0 Å². The van der Waals surface area contributed by atoms with Crippen molar-refractivity contribution in [2.75, 3.05) is 0 Å². The van der Waals surface area contributed by atoms with Gasteiger partial charge in [0.2, 0.25) is 0 Å². The van der Waals surface area contributed by atoms with Gasteiger partial charge < -0.3 is 37.2 Å². The molecule has 59 heavy (non-hydrogen) atoms. The molecule has 0 saturated heterocycles. The van der Waals surface area contributed by atoms with Crippen LogP contribution < -0.4 is 89.1 Å². The molecule has 0 aliphatic heterocycles. The van der Waals surface area contributed by atoms with Crippen LogP contribution in [0.25, 0.3) is 0 Å². The maximum absolute atomic E-state index is 3.05. The van der Waals surface area contributed by atoms with Crippen molar-refractivity contribution in [2.24, 2.45) is 0 Å². The summed E-state index contributed by atoms with van der Waals surface area (Å²) >= 11 is 0. The fourth-order valence-electron chi connectivity index (χ4n) is 9.96. The van der Waals surface area contributed by atoms with Gasteiger partial charge in [-0.25, -0.2) is 0 Å². The van der Waals surface area contributed by atoms with Gasteiger partial charge in [-0.15, -0.1) is 5.19 Å². The monoisotopic (exact) mass is 1010 g/mol. The van der Waals surface area contributed by atoms with Gasteiger partial charge in [-0.1, -0.05) is 245 Å². The second-order valence-corrected chi connectivity index (χ2v) is 57.6. The molecule has 0 bridgehead atoms. The molecule has 0 aromatic heterocycles. The summed E-state index contributed by atoms with van der Waals surface area (Å²) in [6, 6.07) is 16.9. The Morgan fingerprint density at radius 2 is 0.475 bits per heavy atom. The Hall–Kier alpha value is 0.112. The van der Waals surface area contributed by atoms with Crippen LogP contribution in [-0.2, 0) is 21.7 Å². The molecule has 0 heterocycles. The molecule has 0 unspecified atom stereocenters. The molecule has 0 aliphatic rings. The number of hydrogen-bond donors (Lipinski definition) is 0. The van der Waals surface area contributed by atoms with E-state index >= 15 is 0 Å². The first-order valence-corrected chi connectivity index (χ1v) is 44.2. The molecule has 11 heteroatoms. The third-order valence-corrected chi connectivity index (χ3v) is 31.4. The third kappa shape index (κ3) is 11.1. The standard InChI is InChI=1S/C48H81Si7.3ClH.Ti/c1-32-26-45(42(52(17,18)19)29-39(32)49(8,9)10)55(48-37(6)35(4)36(5)38(48)7,46-27-33(2)40(50(11,12)13)30-43(46)53(20,21)22)47-28-34(3)41(51(14,15)16)31-44(47)54(23,24)25;;;;/h26-31H,1-25H3;3*1H;/q-1;;;;+4/p-3. The van der Waals surface area contributed by atoms with Crippen LogP contribution in [0.15, 0.2) is 36.4 Å². The zero-order valence-electron chi connectivity index (χ0n) is 42.1. The van der Waals surface area contributed by atoms with Gasteiger partial charge in [-0.3, -0.25) is 0 Å². The molecule has 0 saturated carbocycles. The molecule has 0 radical (unpaired) electrons. The van der Waals surface area contributed by atoms with Crippen LogP contribution in [0.1, 0.15) is 38.9 Å². The minimum Gasteiger partial charge on any atom is -1.00 e. The van der Waals surface area contributed by atoms with E-state index in [1.165, 1.54) is 27.8 Å². The summed E-state index contributed by atoms with van der Waals surface area (Å²) in [5.41, 5.74) is 10.7. The van der Waals surface area contributed by atoms with Crippen molar-refractivity contribution in [1.29, 1.82) is 0 Å². The van der Waals surface area contributed by atoms with Gasteiger partial charge in [0.05, 0.1) is 48.4 Å². The van der Waals surface area contributed by atoms with Crippen LogP contribution in [0.4, 0.5) is 0 Å². The Kier molecular flexibility index (Phi) is 19.3. The average molecular weight is 1010 g/mol. The first-order valence-electron chi connectivity index (χ1n) is 21.2. The van der Waals surface area contributed by atoms with Crippen LogP contribution in [0.3, 0.4) is 0 Å². The fourth-order valence-corrected chi connectivity index (χ4v) is 31.2. The largest absolute Gasteiger partial charge is 4.00 e. The van der Waals surface area contributed by atoms with Crippen molar-refractivity contribution < 1.29 is 58.9 Å².